The molecule has 22 heavy (non-hydrogen) atoms. The summed E-state index contributed by atoms with van der Waals surface area (Å²) < 4.78 is 0. The maximum Gasteiger partial charge on any atom is 0.117 e. The van der Waals surface area contributed by atoms with Gasteiger partial charge in [-0.05, 0) is 24.3 Å². The van der Waals surface area contributed by atoms with Gasteiger partial charge in [-0.25, -0.2) is 9.97 Å². The van der Waals surface area contributed by atoms with Crippen molar-refractivity contribution in [1.82, 2.24) is 29.9 Å². The molecule has 0 spiro atoms. The van der Waals surface area contributed by atoms with Crippen molar-refractivity contribution in [2.45, 2.75) is 0 Å². The fourth-order valence-electron chi connectivity index (χ4n) is 2.66. The summed E-state index contributed by atoms with van der Waals surface area (Å²) in [4.78, 5) is 26.8. The number of nitrogens with zero attached hydrogens (tertiary/aromatic N) is 6. The lowest BCUT2D eigenvalue weighted by Crippen LogP contribution is -1.93. The summed E-state index contributed by atoms with van der Waals surface area (Å²) in [5.41, 5.74) is 6.19. The van der Waals surface area contributed by atoms with Crippen molar-refractivity contribution in [2.24, 2.45) is 0 Å². The Bertz CT molecular complexity index is 1090. The highest BCUT2D eigenvalue weighted by molar-refractivity contribution is 6.06. The normalized spacial score (nSPS) is 11.6. The third kappa shape index (κ3) is 1.49. The van der Waals surface area contributed by atoms with E-state index >= 15 is 0 Å². The quantitative estimate of drug-likeness (QED) is 0.321. The van der Waals surface area contributed by atoms with Crippen molar-refractivity contribution in [3.05, 3.63) is 49.1 Å². The van der Waals surface area contributed by atoms with Crippen molar-refractivity contribution in [2.75, 3.05) is 0 Å². The number of rotatable bonds is 0. The zero-order chi connectivity index (χ0) is 14.5. The second-order valence-electron chi connectivity index (χ2n) is 4.94. The Labute approximate surface area is 123 Å². The lowest BCUT2D eigenvalue weighted by Gasteiger charge is -2.05. The van der Waals surface area contributed by atoms with Gasteiger partial charge in [0.25, 0.3) is 0 Å². The number of fused-ring (bicyclic) bond motifs is 6. The summed E-state index contributed by atoms with van der Waals surface area (Å²) in [5, 5.41) is 0. The molecule has 0 aliphatic carbocycles. The molecule has 102 valence electrons. The van der Waals surface area contributed by atoms with Crippen LogP contribution in [0.1, 0.15) is 0 Å². The summed E-state index contributed by atoms with van der Waals surface area (Å²) in [6.07, 6.45) is 6.68. The van der Waals surface area contributed by atoms with Gasteiger partial charge in [0.15, 0.2) is 0 Å². The van der Waals surface area contributed by atoms with Crippen LogP contribution in [0.15, 0.2) is 49.1 Å². The number of benzene rings is 2. The zero-order valence-corrected chi connectivity index (χ0v) is 11.3. The molecule has 0 N–H and O–H groups in total. The van der Waals surface area contributed by atoms with Gasteiger partial charge in [-0.1, -0.05) is 0 Å². The molecule has 5 rings (SSSR count). The van der Waals surface area contributed by atoms with Gasteiger partial charge in [-0.2, -0.15) is 0 Å². The van der Waals surface area contributed by atoms with E-state index in [1.165, 1.54) is 0 Å². The Morgan fingerprint density at radius 1 is 0.409 bits per heavy atom. The van der Waals surface area contributed by atoms with Crippen molar-refractivity contribution in [3.63, 3.8) is 0 Å². The molecular formula is C16H8N6. The van der Waals surface area contributed by atoms with Crippen LogP contribution in [0, 0.1) is 0 Å². The molecule has 0 unspecified atom stereocenters. The molecule has 6 heteroatoms. The lowest BCUT2D eigenvalue weighted by molar-refractivity contribution is 1.28. The molecule has 0 bridgehead atoms. The second-order valence-corrected chi connectivity index (χ2v) is 4.94. The van der Waals surface area contributed by atoms with Crippen molar-refractivity contribution >= 4 is 44.1 Å². The molecule has 0 saturated carbocycles. The van der Waals surface area contributed by atoms with Crippen molar-refractivity contribution in [3.8, 4) is 0 Å². The SMILES string of the molecule is c1cnc2c(ccc3nc4c(ccc5nccnc54)nc32)n1. The molecular weight excluding hydrogens is 276 g/mol. The minimum Gasteiger partial charge on any atom is -0.253 e. The highest BCUT2D eigenvalue weighted by Crippen LogP contribution is 2.25. The van der Waals surface area contributed by atoms with Crippen molar-refractivity contribution in [1.29, 1.82) is 0 Å². The Kier molecular flexibility index (Phi) is 2.13. The van der Waals surface area contributed by atoms with E-state index in [4.69, 9.17) is 9.97 Å². The van der Waals surface area contributed by atoms with Crippen LogP contribution in [0.25, 0.3) is 44.1 Å². The van der Waals surface area contributed by atoms with Crippen LogP contribution in [-0.4, -0.2) is 29.9 Å². The van der Waals surface area contributed by atoms with E-state index in [0.29, 0.717) is 0 Å². The maximum atomic E-state index is 4.72. The predicted molar refractivity (Wildman–Crippen MR) is 83.2 cm³/mol. The summed E-state index contributed by atoms with van der Waals surface area (Å²) >= 11 is 0. The van der Waals surface area contributed by atoms with Gasteiger partial charge in [0.1, 0.15) is 22.1 Å². The van der Waals surface area contributed by atoms with E-state index in [0.717, 1.165) is 44.1 Å². The summed E-state index contributed by atoms with van der Waals surface area (Å²) in [6, 6.07) is 7.63. The molecule has 0 radical (unpaired) electrons. The van der Waals surface area contributed by atoms with Crippen molar-refractivity contribution < 1.29 is 0 Å². The number of hydrogen-bond acceptors (Lipinski definition) is 6. The maximum absolute atomic E-state index is 4.72. The van der Waals surface area contributed by atoms with Gasteiger partial charge in [0, 0.05) is 24.8 Å². The van der Waals surface area contributed by atoms with Crippen LogP contribution in [-0.2, 0) is 0 Å². The Balaban J connectivity index is 2.02. The van der Waals surface area contributed by atoms with E-state index in [2.05, 4.69) is 19.9 Å². The van der Waals surface area contributed by atoms with Crippen LogP contribution in [0.5, 0.6) is 0 Å². The molecule has 0 saturated heterocycles. The van der Waals surface area contributed by atoms with Crippen LogP contribution < -0.4 is 0 Å². The van der Waals surface area contributed by atoms with Gasteiger partial charge >= 0.3 is 0 Å². The van der Waals surface area contributed by atoms with Gasteiger partial charge in [-0.15, -0.1) is 0 Å². The van der Waals surface area contributed by atoms with E-state index < -0.39 is 0 Å². The molecule has 3 heterocycles. The average molecular weight is 284 g/mol. The largest absolute Gasteiger partial charge is 0.253 e. The first-order chi connectivity index (χ1) is 10.9. The number of aromatic nitrogens is 6. The van der Waals surface area contributed by atoms with Gasteiger partial charge in [0.05, 0.1) is 22.1 Å². The molecule has 0 fully saturated rings. The van der Waals surface area contributed by atoms with Crippen LogP contribution >= 0.6 is 0 Å². The van der Waals surface area contributed by atoms with Crippen LogP contribution in [0.4, 0.5) is 0 Å². The number of hydrogen-bond donors (Lipinski definition) is 0. The minimum atomic E-state index is 0.751. The Hall–Kier alpha value is -3.28. The molecule has 0 aliphatic rings. The molecule has 0 atom stereocenters. The monoisotopic (exact) mass is 284 g/mol. The molecule has 3 aromatic heterocycles. The highest BCUT2D eigenvalue weighted by atomic mass is 14.9. The van der Waals surface area contributed by atoms with Crippen LogP contribution in [0.2, 0.25) is 0 Å². The summed E-state index contributed by atoms with van der Waals surface area (Å²) in [7, 11) is 0. The molecule has 0 amide bonds. The summed E-state index contributed by atoms with van der Waals surface area (Å²) in [6.45, 7) is 0. The molecule has 6 nitrogen and oxygen atoms in total. The first-order valence-electron chi connectivity index (χ1n) is 6.81. The van der Waals surface area contributed by atoms with Gasteiger partial charge in [-0.3, -0.25) is 19.9 Å². The summed E-state index contributed by atoms with van der Waals surface area (Å²) in [5.74, 6) is 0. The first-order valence-corrected chi connectivity index (χ1v) is 6.81. The molecule has 0 aliphatic heterocycles. The van der Waals surface area contributed by atoms with E-state index in [1.54, 1.807) is 24.8 Å². The zero-order valence-electron chi connectivity index (χ0n) is 11.3. The fraction of sp³-hybridized carbons (Fsp3) is 0. The third-order valence-corrected chi connectivity index (χ3v) is 3.65. The van der Waals surface area contributed by atoms with E-state index in [1.807, 2.05) is 24.3 Å². The van der Waals surface area contributed by atoms with Gasteiger partial charge < -0.3 is 0 Å². The third-order valence-electron chi connectivity index (χ3n) is 3.65. The fourth-order valence-corrected chi connectivity index (χ4v) is 2.66. The van der Waals surface area contributed by atoms with E-state index in [9.17, 15) is 0 Å². The average Bonchev–Trinajstić information content (AvgIpc) is 2.60. The second kappa shape index (κ2) is 4.11. The smallest absolute Gasteiger partial charge is 0.117 e. The topological polar surface area (TPSA) is 77.3 Å². The Morgan fingerprint density at radius 3 is 1.32 bits per heavy atom. The molecule has 2 aromatic carbocycles. The minimum absolute atomic E-state index is 0.751. The van der Waals surface area contributed by atoms with E-state index in [-0.39, 0.29) is 0 Å². The first kappa shape index (κ1) is 11.4. The van der Waals surface area contributed by atoms with Crippen LogP contribution in [0.3, 0.4) is 0 Å². The van der Waals surface area contributed by atoms with Gasteiger partial charge in [0.2, 0.25) is 0 Å². The highest BCUT2D eigenvalue weighted by Gasteiger charge is 2.10. The molecule has 5 aromatic rings. The Morgan fingerprint density at radius 2 is 0.818 bits per heavy atom. The standard InChI is InChI=1S/C16H8N6/c1-3-11-15(13-9(1)17-5-7-19-13)22-12-4-2-10-14(16(12)21-11)20-8-6-18-10/h1-8H. The predicted octanol–water partition coefficient (Wildman–Crippen LogP) is 2.67. The lowest BCUT2D eigenvalue weighted by atomic mass is 10.2.